The lowest BCUT2D eigenvalue weighted by molar-refractivity contribution is -0.116. The summed E-state index contributed by atoms with van der Waals surface area (Å²) in [4.78, 5) is 38.5. The number of anilines is 2. The number of aryl methyl sites for hydroxylation is 1. The number of carbonyl (C=O) groups excluding carboxylic acids is 1. The van der Waals surface area contributed by atoms with Crippen LogP contribution in [0.5, 0.6) is 0 Å². The fourth-order valence-corrected chi connectivity index (χ4v) is 3.64. The summed E-state index contributed by atoms with van der Waals surface area (Å²) in [5.41, 5.74) is -0.0751. The van der Waals surface area contributed by atoms with E-state index in [1.807, 2.05) is 0 Å². The first-order chi connectivity index (χ1) is 13.6. The van der Waals surface area contributed by atoms with Gasteiger partial charge in [0.25, 0.3) is 5.56 Å². The number of rotatable bonds is 6. The molecule has 0 saturated carbocycles. The molecule has 152 valence electrons. The summed E-state index contributed by atoms with van der Waals surface area (Å²) >= 11 is 6.04. The monoisotopic (exact) mass is 436 g/mol. The van der Waals surface area contributed by atoms with Crippen molar-refractivity contribution in [2.45, 2.75) is 13.0 Å². The number of benzene rings is 2. The molecule has 0 unspecified atom stereocenters. The van der Waals surface area contributed by atoms with Gasteiger partial charge in [-0.3, -0.25) is 23.9 Å². The molecule has 0 spiro atoms. The van der Waals surface area contributed by atoms with Crippen LogP contribution in [-0.4, -0.2) is 30.1 Å². The maximum absolute atomic E-state index is 12.3. The number of sulfonamides is 1. The number of fused-ring (bicyclic) bond motifs is 1. The minimum atomic E-state index is -3.48. The fraction of sp³-hybridized carbons (Fsp3) is 0.167. The van der Waals surface area contributed by atoms with Gasteiger partial charge in [0.05, 0.1) is 27.9 Å². The molecule has 3 N–H and O–H groups in total. The van der Waals surface area contributed by atoms with Gasteiger partial charge in [-0.15, -0.1) is 0 Å². The molecule has 1 heterocycles. The molecule has 0 aliphatic carbocycles. The van der Waals surface area contributed by atoms with E-state index in [0.717, 1.165) is 6.26 Å². The maximum atomic E-state index is 12.3. The van der Waals surface area contributed by atoms with Gasteiger partial charge in [0.1, 0.15) is 0 Å². The lowest BCUT2D eigenvalue weighted by atomic mass is 10.2. The van der Waals surface area contributed by atoms with Crippen LogP contribution in [0.15, 0.2) is 52.1 Å². The van der Waals surface area contributed by atoms with Crippen molar-refractivity contribution in [1.29, 1.82) is 0 Å². The van der Waals surface area contributed by atoms with Crippen molar-refractivity contribution in [1.82, 2.24) is 9.55 Å². The Kier molecular flexibility index (Phi) is 5.76. The minimum absolute atomic E-state index is 0.0308. The van der Waals surface area contributed by atoms with Gasteiger partial charge >= 0.3 is 5.69 Å². The Morgan fingerprint density at radius 1 is 1.17 bits per heavy atom. The van der Waals surface area contributed by atoms with E-state index in [2.05, 4.69) is 15.0 Å². The van der Waals surface area contributed by atoms with Gasteiger partial charge in [0.2, 0.25) is 15.9 Å². The average molecular weight is 437 g/mol. The third kappa shape index (κ3) is 5.04. The summed E-state index contributed by atoms with van der Waals surface area (Å²) in [6.07, 6.45) is 0.971. The van der Waals surface area contributed by atoms with Crippen molar-refractivity contribution < 1.29 is 13.2 Å². The standard InChI is InChI=1S/C18H17ClN4O5S/c1-29(27,28)22-14-7-6-11(10-13(14)19)20-16(24)8-9-23-15-5-3-2-4-12(15)17(25)21-18(23)26/h2-7,10,22H,8-9H2,1H3,(H,20,24)(H,21,25,26). The van der Waals surface area contributed by atoms with E-state index in [4.69, 9.17) is 11.6 Å². The highest BCUT2D eigenvalue weighted by Gasteiger charge is 2.11. The summed E-state index contributed by atoms with van der Waals surface area (Å²) in [6, 6.07) is 11.0. The molecule has 11 heteroatoms. The largest absolute Gasteiger partial charge is 0.328 e. The van der Waals surface area contributed by atoms with Crippen LogP contribution in [0.2, 0.25) is 5.02 Å². The summed E-state index contributed by atoms with van der Waals surface area (Å²) in [6.45, 7) is 0.0589. The molecule has 3 rings (SSSR count). The molecule has 0 saturated heterocycles. The summed E-state index contributed by atoms with van der Waals surface area (Å²) in [5.74, 6) is -0.382. The molecule has 29 heavy (non-hydrogen) atoms. The van der Waals surface area contributed by atoms with Gasteiger partial charge in [-0.2, -0.15) is 0 Å². The number of H-pyrrole nitrogens is 1. The first-order valence-electron chi connectivity index (χ1n) is 8.43. The summed E-state index contributed by atoms with van der Waals surface area (Å²) in [7, 11) is -3.48. The van der Waals surface area contributed by atoms with Crippen LogP contribution < -0.4 is 21.3 Å². The Bertz CT molecular complexity index is 1310. The van der Waals surface area contributed by atoms with Gasteiger partial charge in [-0.05, 0) is 30.3 Å². The number of aromatic nitrogens is 2. The number of aromatic amines is 1. The Labute approximate surface area is 170 Å². The second-order valence-electron chi connectivity index (χ2n) is 6.30. The zero-order chi connectivity index (χ0) is 21.2. The Balaban J connectivity index is 1.73. The van der Waals surface area contributed by atoms with Crippen molar-refractivity contribution in [2.75, 3.05) is 16.3 Å². The third-order valence-electron chi connectivity index (χ3n) is 4.02. The van der Waals surface area contributed by atoms with E-state index >= 15 is 0 Å². The molecule has 9 nitrogen and oxygen atoms in total. The van der Waals surface area contributed by atoms with E-state index in [0.29, 0.717) is 16.6 Å². The Hall–Kier alpha value is -3.11. The first-order valence-corrected chi connectivity index (χ1v) is 10.7. The van der Waals surface area contributed by atoms with Crippen LogP contribution in [0, 0.1) is 0 Å². The predicted molar refractivity (Wildman–Crippen MR) is 112 cm³/mol. The molecule has 3 aromatic rings. The van der Waals surface area contributed by atoms with Gasteiger partial charge in [-0.25, -0.2) is 13.2 Å². The highest BCUT2D eigenvalue weighted by molar-refractivity contribution is 7.92. The number of amides is 1. The van der Waals surface area contributed by atoms with E-state index < -0.39 is 21.3 Å². The third-order valence-corrected chi connectivity index (χ3v) is 4.92. The van der Waals surface area contributed by atoms with Crippen LogP contribution in [-0.2, 0) is 21.4 Å². The lowest BCUT2D eigenvalue weighted by Gasteiger charge is -2.11. The lowest BCUT2D eigenvalue weighted by Crippen LogP contribution is -2.31. The smallest absolute Gasteiger partial charge is 0.326 e. The molecule has 0 atom stereocenters. The number of hydrogen-bond donors (Lipinski definition) is 3. The van der Waals surface area contributed by atoms with Crippen LogP contribution in [0.1, 0.15) is 6.42 Å². The zero-order valence-corrected chi connectivity index (χ0v) is 16.8. The number of halogens is 1. The molecule has 0 radical (unpaired) electrons. The normalized spacial score (nSPS) is 11.4. The van der Waals surface area contributed by atoms with Gasteiger partial charge in [-0.1, -0.05) is 23.7 Å². The predicted octanol–water partition coefficient (Wildman–Crippen LogP) is 1.74. The van der Waals surface area contributed by atoms with Crippen molar-refractivity contribution in [3.8, 4) is 0 Å². The van der Waals surface area contributed by atoms with Crippen molar-refractivity contribution in [3.63, 3.8) is 0 Å². The number of carbonyl (C=O) groups is 1. The topological polar surface area (TPSA) is 130 Å². The fourth-order valence-electron chi connectivity index (χ4n) is 2.78. The number of para-hydroxylation sites is 1. The molecule has 0 aliphatic heterocycles. The molecule has 2 aromatic carbocycles. The molecule has 1 amide bonds. The molecule has 1 aromatic heterocycles. The van der Waals surface area contributed by atoms with Gasteiger partial charge in [0, 0.05) is 18.7 Å². The quantitative estimate of drug-likeness (QED) is 0.541. The summed E-state index contributed by atoms with van der Waals surface area (Å²) < 4.78 is 26.2. The van der Waals surface area contributed by atoms with Crippen LogP contribution >= 0.6 is 11.6 Å². The van der Waals surface area contributed by atoms with Crippen molar-refractivity contribution in [3.05, 3.63) is 68.3 Å². The first kappa shape index (κ1) is 20.6. The number of nitrogens with one attached hydrogen (secondary N) is 3. The second kappa shape index (κ2) is 8.10. The molecular formula is C18H17ClN4O5S. The SMILES string of the molecule is CS(=O)(=O)Nc1ccc(NC(=O)CCn2c(=O)[nH]c(=O)c3ccccc32)cc1Cl. The average Bonchev–Trinajstić information content (AvgIpc) is 2.63. The van der Waals surface area contributed by atoms with Crippen LogP contribution in [0.3, 0.4) is 0 Å². The number of nitrogens with zero attached hydrogens (tertiary/aromatic N) is 1. The highest BCUT2D eigenvalue weighted by atomic mass is 35.5. The Morgan fingerprint density at radius 3 is 2.59 bits per heavy atom. The minimum Gasteiger partial charge on any atom is -0.326 e. The summed E-state index contributed by atoms with van der Waals surface area (Å²) in [5, 5.41) is 3.11. The van der Waals surface area contributed by atoms with E-state index in [9.17, 15) is 22.8 Å². The van der Waals surface area contributed by atoms with Gasteiger partial charge in [0.15, 0.2) is 0 Å². The van der Waals surface area contributed by atoms with Crippen LogP contribution in [0.25, 0.3) is 10.9 Å². The van der Waals surface area contributed by atoms with E-state index in [-0.39, 0.29) is 29.6 Å². The zero-order valence-electron chi connectivity index (χ0n) is 15.2. The van der Waals surface area contributed by atoms with Gasteiger partial charge < -0.3 is 5.32 Å². The van der Waals surface area contributed by atoms with Crippen LogP contribution in [0.4, 0.5) is 11.4 Å². The van der Waals surface area contributed by atoms with Crippen molar-refractivity contribution in [2.24, 2.45) is 0 Å². The number of hydrogen-bond acceptors (Lipinski definition) is 5. The second-order valence-corrected chi connectivity index (χ2v) is 8.45. The molecule has 0 aliphatic rings. The molecule has 0 fully saturated rings. The maximum Gasteiger partial charge on any atom is 0.328 e. The van der Waals surface area contributed by atoms with E-state index in [1.54, 1.807) is 24.3 Å². The molecule has 0 bridgehead atoms. The van der Waals surface area contributed by atoms with E-state index in [1.165, 1.54) is 22.8 Å². The van der Waals surface area contributed by atoms with Crippen molar-refractivity contribution >= 4 is 49.8 Å². The highest BCUT2D eigenvalue weighted by Crippen LogP contribution is 2.26. The Morgan fingerprint density at radius 2 is 1.90 bits per heavy atom. The molecular weight excluding hydrogens is 420 g/mol.